The molecule has 5 heteroatoms. The van der Waals surface area contributed by atoms with Gasteiger partial charge in [0.15, 0.2) is 5.13 Å². The predicted molar refractivity (Wildman–Crippen MR) is 79.0 cm³/mol. The van der Waals surface area contributed by atoms with Crippen molar-refractivity contribution in [3.63, 3.8) is 0 Å². The van der Waals surface area contributed by atoms with Crippen molar-refractivity contribution in [3.8, 4) is 0 Å². The molecule has 3 rings (SSSR count). The number of rotatable bonds is 3. The summed E-state index contributed by atoms with van der Waals surface area (Å²) in [6.45, 7) is 7.70. The summed E-state index contributed by atoms with van der Waals surface area (Å²) in [4.78, 5) is 9.43. The second-order valence-corrected chi connectivity index (χ2v) is 6.48. The zero-order valence-electron chi connectivity index (χ0n) is 11.6. The number of anilines is 1. The molecule has 0 radical (unpaired) electrons. The number of ether oxygens (including phenoxy) is 1. The van der Waals surface area contributed by atoms with Gasteiger partial charge in [0.05, 0.1) is 6.10 Å². The average Bonchev–Trinajstić information content (AvgIpc) is 2.94. The molecule has 0 bridgehead atoms. The first-order valence-electron chi connectivity index (χ1n) is 7.33. The summed E-state index contributed by atoms with van der Waals surface area (Å²) in [6, 6.07) is 0.545. The van der Waals surface area contributed by atoms with Crippen molar-refractivity contribution in [1.29, 1.82) is 0 Å². The molecule has 0 aliphatic carbocycles. The predicted octanol–water partition coefficient (Wildman–Crippen LogP) is 2.22. The Hall–Kier alpha value is -0.650. The molecular formula is C14H23N3OS. The third-order valence-electron chi connectivity index (χ3n) is 4.11. The van der Waals surface area contributed by atoms with Crippen LogP contribution in [-0.4, -0.2) is 54.8 Å². The van der Waals surface area contributed by atoms with E-state index in [1.807, 2.05) is 6.20 Å². The highest BCUT2D eigenvalue weighted by Gasteiger charge is 2.27. The lowest BCUT2D eigenvalue weighted by Gasteiger charge is -2.41. The van der Waals surface area contributed by atoms with E-state index in [1.165, 1.54) is 24.4 Å². The maximum absolute atomic E-state index is 5.85. The SMILES string of the molecule is C[C@H]1CN(C[C@@H]2CCCCO2)CCN1c1nccs1. The van der Waals surface area contributed by atoms with Crippen LogP contribution in [0.1, 0.15) is 26.2 Å². The Balaban J connectivity index is 1.52. The fourth-order valence-electron chi connectivity index (χ4n) is 3.08. The van der Waals surface area contributed by atoms with Crippen LogP contribution in [0.5, 0.6) is 0 Å². The van der Waals surface area contributed by atoms with Crippen LogP contribution in [0, 0.1) is 0 Å². The molecule has 0 aromatic carbocycles. The van der Waals surface area contributed by atoms with E-state index in [1.54, 1.807) is 11.3 Å². The van der Waals surface area contributed by atoms with E-state index in [0.717, 1.165) is 32.8 Å². The zero-order chi connectivity index (χ0) is 13.1. The molecule has 0 amide bonds. The molecule has 0 saturated carbocycles. The minimum absolute atomic E-state index is 0.465. The molecule has 2 fully saturated rings. The minimum Gasteiger partial charge on any atom is -0.377 e. The average molecular weight is 281 g/mol. The molecular weight excluding hydrogens is 258 g/mol. The number of hydrogen-bond acceptors (Lipinski definition) is 5. The summed E-state index contributed by atoms with van der Waals surface area (Å²) in [5, 5.41) is 3.23. The normalized spacial score (nSPS) is 29.6. The maximum atomic E-state index is 5.85. The van der Waals surface area contributed by atoms with Gasteiger partial charge in [-0.2, -0.15) is 0 Å². The van der Waals surface area contributed by atoms with E-state index in [9.17, 15) is 0 Å². The van der Waals surface area contributed by atoms with Gasteiger partial charge in [0.25, 0.3) is 0 Å². The van der Waals surface area contributed by atoms with Crippen LogP contribution < -0.4 is 4.90 Å². The summed E-state index contributed by atoms with van der Waals surface area (Å²) < 4.78 is 5.85. The zero-order valence-corrected chi connectivity index (χ0v) is 12.4. The van der Waals surface area contributed by atoms with Gasteiger partial charge in [-0.05, 0) is 26.2 Å². The number of aromatic nitrogens is 1. The third kappa shape index (κ3) is 3.27. The van der Waals surface area contributed by atoms with Crippen LogP contribution in [0.15, 0.2) is 11.6 Å². The summed E-state index contributed by atoms with van der Waals surface area (Å²) in [7, 11) is 0. The highest BCUT2D eigenvalue weighted by atomic mass is 32.1. The fraction of sp³-hybridized carbons (Fsp3) is 0.786. The molecule has 1 aromatic rings. The summed E-state index contributed by atoms with van der Waals surface area (Å²) in [5.74, 6) is 0. The van der Waals surface area contributed by atoms with E-state index < -0.39 is 0 Å². The Bertz CT molecular complexity index is 378. The first-order valence-corrected chi connectivity index (χ1v) is 8.21. The number of thiazole rings is 1. The van der Waals surface area contributed by atoms with Crippen LogP contribution in [0.2, 0.25) is 0 Å². The Kier molecular flexibility index (Phi) is 4.35. The van der Waals surface area contributed by atoms with Gasteiger partial charge in [-0.25, -0.2) is 4.98 Å². The highest BCUT2D eigenvalue weighted by molar-refractivity contribution is 7.13. The van der Waals surface area contributed by atoms with E-state index >= 15 is 0 Å². The summed E-state index contributed by atoms with van der Waals surface area (Å²) in [6.07, 6.45) is 6.17. The lowest BCUT2D eigenvalue weighted by Crippen LogP contribution is -2.53. The van der Waals surface area contributed by atoms with Crippen LogP contribution in [-0.2, 0) is 4.74 Å². The highest BCUT2D eigenvalue weighted by Crippen LogP contribution is 2.23. The second-order valence-electron chi connectivity index (χ2n) is 5.61. The fourth-order valence-corrected chi connectivity index (χ4v) is 3.85. The first kappa shape index (κ1) is 13.3. The minimum atomic E-state index is 0.465. The Morgan fingerprint density at radius 2 is 2.37 bits per heavy atom. The van der Waals surface area contributed by atoms with Gasteiger partial charge in [0.2, 0.25) is 0 Å². The van der Waals surface area contributed by atoms with Crippen molar-refractivity contribution in [2.24, 2.45) is 0 Å². The van der Waals surface area contributed by atoms with Crippen LogP contribution in [0.4, 0.5) is 5.13 Å². The molecule has 3 heterocycles. The van der Waals surface area contributed by atoms with Gasteiger partial charge in [-0.3, -0.25) is 4.90 Å². The van der Waals surface area contributed by atoms with E-state index in [2.05, 4.69) is 27.1 Å². The Morgan fingerprint density at radius 1 is 1.42 bits per heavy atom. The van der Waals surface area contributed by atoms with Crippen molar-refractivity contribution in [3.05, 3.63) is 11.6 Å². The van der Waals surface area contributed by atoms with Crippen molar-refractivity contribution < 1.29 is 4.74 Å². The molecule has 2 saturated heterocycles. The number of nitrogens with zero attached hydrogens (tertiary/aromatic N) is 3. The van der Waals surface area contributed by atoms with Gasteiger partial charge < -0.3 is 9.64 Å². The molecule has 2 atom stereocenters. The van der Waals surface area contributed by atoms with Crippen molar-refractivity contribution >= 4 is 16.5 Å². The molecule has 106 valence electrons. The molecule has 2 aliphatic rings. The van der Waals surface area contributed by atoms with Gasteiger partial charge >= 0.3 is 0 Å². The number of hydrogen-bond donors (Lipinski definition) is 0. The maximum Gasteiger partial charge on any atom is 0.185 e. The largest absolute Gasteiger partial charge is 0.377 e. The lowest BCUT2D eigenvalue weighted by atomic mass is 10.1. The Morgan fingerprint density at radius 3 is 3.05 bits per heavy atom. The quantitative estimate of drug-likeness (QED) is 0.849. The van der Waals surface area contributed by atoms with Crippen molar-refractivity contribution in [2.75, 3.05) is 37.7 Å². The van der Waals surface area contributed by atoms with Gasteiger partial charge in [-0.1, -0.05) is 0 Å². The summed E-state index contributed by atoms with van der Waals surface area (Å²) in [5.41, 5.74) is 0. The van der Waals surface area contributed by atoms with Crippen molar-refractivity contribution in [2.45, 2.75) is 38.3 Å². The first-order chi connectivity index (χ1) is 9.33. The third-order valence-corrected chi connectivity index (χ3v) is 4.92. The lowest BCUT2D eigenvalue weighted by molar-refractivity contribution is -0.00823. The van der Waals surface area contributed by atoms with Gasteiger partial charge in [0, 0.05) is 50.4 Å². The van der Waals surface area contributed by atoms with E-state index in [4.69, 9.17) is 4.74 Å². The second kappa shape index (κ2) is 6.20. The molecule has 2 aliphatic heterocycles. The molecule has 0 spiro atoms. The van der Waals surface area contributed by atoms with E-state index in [0.29, 0.717) is 12.1 Å². The smallest absolute Gasteiger partial charge is 0.185 e. The Labute approximate surface area is 119 Å². The van der Waals surface area contributed by atoms with Crippen LogP contribution >= 0.6 is 11.3 Å². The standard InChI is InChI=1S/C14H23N3OS/c1-12-10-16(11-13-4-2-3-8-18-13)6-7-17(12)14-15-5-9-19-14/h5,9,12-13H,2-4,6-8,10-11H2,1H3/t12-,13-/m0/s1. The van der Waals surface area contributed by atoms with Gasteiger partial charge in [0.1, 0.15) is 0 Å². The van der Waals surface area contributed by atoms with Crippen LogP contribution in [0.3, 0.4) is 0 Å². The molecule has 4 nitrogen and oxygen atoms in total. The van der Waals surface area contributed by atoms with Crippen LogP contribution in [0.25, 0.3) is 0 Å². The number of piperazine rings is 1. The topological polar surface area (TPSA) is 28.6 Å². The van der Waals surface area contributed by atoms with Gasteiger partial charge in [-0.15, -0.1) is 11.3 Å². The monoisotopic (exact) mass is 281 g/mol. The van der Waals surface area contributed by atoms with E-state index in [-0.39, 0.29) is 0 Å². The van der Waals surface area contributed by atoms with Crippen molar-refractivity contribution in [1.82, 2.24) is 9.88 Å². The molecule has 0 N–H and O–H groups in total. The molecule has 19 heavy (non-hydrogen) atoms. The summed E-state index contributed by atoms with van der Waals surface area (Å²) >= 11 is 1.74. The molecule has 1 aromatic heterocycles. The molecule has 0 unspecified atom stereocenters.